The van der Waals surface area contributed by atoms with Crippen LogP contribution >= 0.6 is 0 Å². The predicted octanol–water partition coefficient (Wildman–Crippen LogP) is 4.70. The first-order valence-electron chi connectivity index (χ1n) is 12.3. The fourth-order valence-corrected chi connectivity index (χ4v) is 3.80. The summed E-state index contributed by atoms with van der Waals surface area (Å²) in [5.41, 5.74) is -0.971. The van der Waals surface area contributed by atoms with Crippen LogP contribution in [0, 0.1) is 0 Å². The third-order valence-corrected chi connectivity index (χ3v) is 5.76. The van der Waals surface area contributed by atoms with Crippen LogP contribution < -0.4 is 5.32 Å². The van der Waals surface area contributed by atoms with Crippen molar-refractivity contribution >= 4 is 17.9 Å². The van der Waals surface area contributed by atoms with Crippen molar-refractivity contribution in [3.63, 3.8) is 0 Å². The van der Waals surface area contributed by atoms with Gasteiger partial charge in [-0.1, -0.05) is 84.0 Å². The highest BCUT2D eigenvalue weighted by molar-refractivity contribution is 6.06. The number of nitrogens with one attached hydrogen (secondary N) is 1. The third kappa shape index (κ3) is 11.5. The van der Waals surface area contributed by atoms with E-state index in [0.29, 0.717) is 6.42 Å². The van der Waals surface area contributed by atoms with Gasteiger partial charge in [0.05, 0.1) is 6.54 Å². The first kappa shape index (κ1) is 27.4. The van der Waals surface area contributed by atoms with Gasteiger partial charge < -0.3 is 15.2 Å². The van der Waals surface area contributed by atoms with Gasteiger partial charge in [0, 0.05) is 6.42 Å². The first-order chi connectivity index (χ1) is 14.8. The Morgan fingerprint density at radius 3 is 1.87 bits per heavy atom. The Labute approximate surface area is 188 Å². The van der Waals surface area contributed by atoms with Gasteiger partial charge in [-0.25, -0.2) is 4.79 Å². The molecule has 31 heavy (non-hydrogen) atoms. The Hall–Kier alpha value is -1.63. The molecule has 1 fully saturated rings. The minimum absolute atomic E-state index is 0.180. The molecule has 1 rings (SSSR count). The second-order valence-electron chi connectivity index (χ2n) is 9.30. The average molecular weight is 441 g/mol. The van der Waals surface area contributed by atoms with E-state index in [0.717, 1.165) is 24.2 Å². The van der Waals surface area contributed by atoms with Crippen molar-refractivity contribution in [1.82, 2.24) is 10.2 Å². The van der Waals surface area contributed by atoms with Crippen molar-refractivity contribution < 1.29 is 24.2 Å². The molecule has 0 aliphatic carbocycles. The van der Waals surface area contributed by atoms with Crippen LogP contribution in [0.2, 0.25) is 0 Å². The van der Waals surface area contributed by atoms with Gasteiger partial charge >= 0.3 is 12.0 Å². The second-order valence-corrected chi connectivity index (χ2v) is 9.30. The largest absolute Gasteiger partial charge is 0.463 e. The van der Waals surface area contributed by atoms with Crippen LogP contribution in [0.3, 0.4) is 0 Å². The molecule has 0 radical (unpaired) electrons. The Kier molecular flexibility index (Phi) is 13.5. The number of β-amino-alcohol motifs (C(OH)–C–C–N with tert-alkyl or cyclic N) is 1. The fourth-order valence-electron chi connectivity index (χ4n) is 3.80. The summed E-state index contributed by atoms with van der Waals surface area (Å²) in [5, 5.41) is 12.5. The summed E-state index contributed by atoms with van der Waals surface area (Å²) in [6, 6.07) is -0.535. The van der Waals surface area contributed by atoms with Gasteiger partial charge in [-0.3, -0.25) is 14.5 Å². The highest BCUT2D eigenvalue weighted by Gasteiger charge is 2.44. The molecular weight excluding hydrogens is 396 g/mol. The predicted molar refractivity (Wildman–Crippen MR) is 122 cm³/mol. The summed E-state index contributed by atoms with van der Waals surface area (Å²) in [6.45, 7) is 5.07. The van der Waals surface area contributed by atoms with Gasteiger partial charge in [-0.15, -0.1) is 0 Å². The summed E-state index contributed by atoms with van der Waals surface area (Å²) < 4.78 is 5.09. The number of ether oxygens (including phenoxy) is 1. The Morgan fingerprint density at radius 1 is 0.935 bits per heavy atom. The number of urea groups is 1. The van der Waals surface area contributed by atoms with Gasteiger partial charge in [0.15, 0.2) is 0 Å². The fraction of sp³-hybridized carbons (Fsp3) is 0.875. The lowest BCUT2D eigenvalue weighted by molar-refractivity contribution is -0.147. The number of esters is 1. The molecule has 0 aromatic heterocycles. The molecule has 2 N–H and O–H groups in total. The monoisotopic (exact) mass is 440 g/mol. The van der Waals surface area contributed by atoms with E-state index in [1.807, 2.05) is 0 Å². The Bertz CT molecular complexity index is 550. The standard InChI is InChI=1S/C24H44N2O5/c1-4-5-6-7-8-9-10-11-12-13-14-15-16-17-21(28)31-19-20(27)18-26-22(29)24(2,3)25-23(26)30/h20,27H,4-19H2,1-3H3,(H,25,30). The van der Waals surface area contributed by atoms with E-state index in [4.69, 9.17) is 4.74 Å². The number of hydrogen-bond donors (Lipinski definition) is 2. The van der Waals surface area contributed by atoms with Crippen LogP contribution in [-0.4, -0.2) is 52.7 Å². The third-order valence-electron chi connectivity index (χ3n) is 5.76. The number of hydrogen-bond acceptors (Lipinski definition) is 5. The lowest BCUT2D eigenvalue weighted by atomic mass is 10.0. The summed E-state index contributed by atoms with van der Waals surface area (Å²) >= 11 is 0. The van der Waals surface area contributed by atoms with Crippen LogP contribution in [0.5, 0.6) is 0 Å². The number of carbonyl (C=O) groups is 3. The zero-order valence-corrected chi connectivity index (χ0v) is 19.9. The van der Waals surface area contributed by atoms with E-state index < -0.39 is 23.6 Å². The minimum Gasteiger partial charge on any atom is -0.463 e. The average Bonchev–Trinajstić information content (AvgIpc) is 2.91. The Morgan fingerprint density at radius 2 is 1.42 bits per heavy atom. The molecule has 0 spiro atoms. The number of imide groups is 1. The van der Waals surface area contributed by atoms with Crippen molar-refractivity contribution in [1.29, 1.82) is 0 Å². The van der Waals surface area contributed by atoms with Crippen molar-refractivity contribution in [2.45, 2.75) is 122 Å². The highest BCUT2D eigenvalue weighted by atomic mass is 16.5. The molecule has 1 atom stereocenters. The zero-order chi connectivity index (χ0) is 23.1. The first-order valence-corrected chi connectivity index (χ1v) is 12.3. The van der Waals surface area contributed by atoms with Crippen LogP contribution in [0.4, 0.5) is 4.79 Å². The molecule has 7 heteroatoms. The maximum Gasteiger partial charge on any atom is 0.325 e. The van der Waals surface area contributed by atoms with E-state index >= 15 is 0 Å². The molecule has 1 saturated heterocycles. The van der Waals surface area contributed by atoms with E-state index in [2.05, 4.69) is 12.2 Å². The molecule has 1 aliphatic rings. The van der Waals surface area contributed by atoms with Crippen molar-refractivity contribution in [3.8, 4) is 0 Å². The number of nitrogens with zero attached hydrogens (tertiary/aromatic N) is 1. The summed E-state index contributed by atoms with van der Waals surface area (Å²) in [4.78, 5) is 36.7. The molecular formula is C24H44N2O5. The smallest absolute Gasteiger partial charge is 0.325 e. The van der Waals surface area contributed by atoms with Crippen molar-refractivity contribution in [2.24, 2.45) is 0 Å². The lowest BCUT2D eigenvalue weighted by Gasteiger charge is -2.19. The van der Waals surface area contributed by atoms with Crippen LogP contribution in [-0.2, 0) is 14.3 Å². The minimum atomic E-state index is -1.08. The molecule has 1 aliphatic heterocycles. The highest BCUT2D eigenvalue weighted by Crippen LogP contribution is 2.17. The molecule has 3 amide bonds. The van der Waals surface area contributed by atoms with Crippen LogP contribution in [0.25, 0.3) is 0 Å². The number of rotatable bonds is 18. The molecule has 1 unspecified atom stereocenters. The second kappa shape index (κ2) is 15.2. The normalized spacial score (nSPS) is 16.5. The van der Waals surface area contributed by atoms with E-state index in [1.54, 1.807) is 13.8 Å². The summed E-state index contributed by atoms with van der Waals surface area (Å²) in [7, 11) is 0. The number of aliphatic hydroxyl groups excluding tert-OH is 1. The van der Waals surface area contributed by atoms with E-state index in [-0.39, 0.29) is 19.1 Å². The quantitative estimate of drug-likeness (QED) is 0.183. The molecule has 0 saturated carbocycles. The van der Waals surface area contributed by atoms with Crippen LogP contribution in [0.1, 0.15) is 111 Å². The number of unbranched alkanes of at least 4 members (excludes halogenated alkanes) is 12. The molecule has 1 heterocycles. The van der Waals surface area contributed by atoms with Gasteiger partial charge in [-0.2, -0.15) is 0 Å². The molecule has 180 valence electrons. The SMILES string of the molecule is CCCCCCCCCCCCCCCC(=O)OCC(O)CN1C(=O)NC(C)(C)C1=O. The van der Waals surface area contributed by atoms with Gasteiger partial charge in [-0.05, 0) is 20.3 Å². The van der Waals surface area contributed by atoms with Gasteiger partial charge in [0.25, 0.3) is 5.91 Å². The molecule has 0 aromatic rings. The number of aliphatic hydroxyl groups is 1. The maximum atomic E-state index is 12.1. The van der Waals surface area contributed by atoms with E-state index in [1.165, 1.54) is 64.2 Å². The Balaban J connectivity index is 1.96. The lowest BCUT2D eigenvalue weighted by Crippen LogP contribution is -2.42. The number of carbonyl (C=O) groups excluding carboxylic acids is 3. The maximum absolute atomic E-state index is 12.1. The zero-order valence-electron chi connectivity index (χ0n) is 19.9. The van der Waals surface area contributed by atoms with E-state index in [9.17, 15) is 19.5 Å². The molecule has 7 nitrogen and oxygen atoms in total. The van der Waals surface area contributed by atoms with Gasteiger partial charge in [0.2, 0.25) is 0 Å². The van der Waals surface area contributed by atoms with Crippen LogP contribution in [0.15, 0.2) is 0 Å². The summed E-state index contributed by atoms with van der Waals surface area (Å²) in [6.07, 6.45) is 15.5. The molecule has 0 bridgehead atoms. The number of amides is 3. The van der Waals surface area contributed by atoms with Crippen molar-refractivity contribution in [2.75, 3.05) is 13.2 Å². The topological polar surface area (TPSA) is 95.9 Å². The summed E-state index contributed by atoms with van der Waals surface area (Å²) in [5.74, 6) is -0.741. The van der Waals surface area contributed by atoms with Gasteiger partial charge in [0.1, 0.15) is 18.2 Å². The molecule has 0 aromatic carbocycles. The van der Waals surface area contributed by atoms with Crippen molar-refractivity contribution in [3.05, 3.63) is 0 Å².